The van der Waals surface area contributed by atoms with Gasteiger partial charge in [-0.05, 0) is 89.2 Å². The van der Waals surface area contributed by atoms with E-state index < -0.39 is 16.7 Å². The van der Waals surface area contributed by atoms with E-state index in [1.54, 1.807) is 13.8 Å². The van der Waals surface area contributed by atoms with Crippen LogP contribution in [0.25, 0.3) is 0 Å². The van der Waals surface area contributed by atoms with Crippen LogP contribution in [0.3, 0.4) is 0 Å². The lowest BCUT2D eigenvalue weighted by Gasteiger charge is -2.65. The van der Waals surface area contributed by atoms with E-state index in [0.717, 1.165) is 50.0 Å². The molecule has 7 nitrogen and oxygen atoms in total. The molecular weight excluding hydrogens is 497 g/mol. The van der Waals surface area contributed by atoms with Crippen molar-refractivity contribution in [3.05, 3.63) is 36.0 Å². The summed E-state index contributed by atoms with van der Waals surface area (Å²) < 4.78 is 26.0. The smallest absolute Gasteiger partial charge is 0.233 e. The Hall–Kier alpha value is -2.48. The molecule has 1 aromatic heterocycles. The Balaban J connectivity index is 1.23. The first kappa shape index (κ1) is 26.7. The quantitative estimate of drug-likeness (QED) is 0.440. The summed E-state index contributed by atoms with van der Waals surface area (Å²) in [6.45, 7) is 10.4. The maximum atomic E-state index is 14.5. The molecule has 0 saturated heterocycles. The number of alkyl halides is 1. The van der Waals surface area contributed by atoms with Gasteiger partial charge in [0.25, 0.3) is 0 Å². The minimum atomic E-state index is -1.14. The van der Waals surface area contributed by atoms with Crippen LogP contribution in [-0.2, 0) is 15.6 Å². The van der Waals surface area contributed by atoms with E-state index in [4.69, 9.17) is 14.2 Å². The van der Waals surface area contributed by atoms with Gasteiger partial charge in [0, 0.05) is 29.1 Å². The molecule has 6 aliphatic rings. The van der Waals surface area contributed by atoms with E-state index in [9.17, 15) is 14.3 Å². The number of fused-ring (bicyclic) bond motifs is 3. The van der Waals surface area contributed by atoms with Gasteiger partial charge in [-0.25, -0.2) is 4.39 Å². The lowest BCUT2D eigenvalue weighted by Crippen LogP contribution is -2.71. The molecule has 1 heterocycles. The number of hydrogen-bond donors (Lipinski definition) is 1. The van der Waals surface area contributed by atoms with Crippen LogP contribution >= 0.6 is 0 Å². The highest BCUT2D eigenvalue weighted by atomic mass is 19.1. The number of aliphatic hydroxyl groups is 1. The molecule has 0 unspecified atom stereocenters. The molecule has 4 bridgehead atoms. The van der Waals surface area contributed by atoms with Crippen LogP contribution in [0.2, 0.25) is 0 Å². The summed E-state index contributed by atoms with van der Waals surface area (Å²) in [5, 5.41) is 14.5. The Morgan fingerprint density at radius 2 is 1.72 bits per heavy atom. The van der Waals surface area contributed by atoms with Crippen LogP contribution < -0.4 is 9.64 Å². The summed E-state index contributed by atoms with van der Waals surface area (Å²) in [7, 11) is 0. The second-order valence-electron chi connectivity index (χ2n) is 14.9. The van der Waals surface area contributed by atoms with Crippen molar-refractivity contribution in [2.45, 2.75) is 115 Å². The Kier molecular flexibility index (Phi) is 5.83. The van der Waals surface area contributed by atoms with Crippen LogP contribution in [0.15, 0.2) is 28.8 Å². The molecule has 0 atom stereocenters. The molecular formula is C31H42FN3O4. The van der Waals surface area contributed by atoms with Gasteiger partial charge in [-0.2, -0.15) is 4.98 Å². The summed E-state index contributed by atoms with van der Waals surface area (Å²) in [4.78, 5) is 20.8. The predicted molar refractivity (Wildman–Crippen MR) is 146 cm³/mol. The Bertz CT molecular complexity index is 1230. The highest BCUT2D eigenvalue weighted by Gasteiger charge is 2.73. The average Bonchev–Trinajstić information content (AvgIpc) is 3.36. The fourth-order valence-corrected chi connectivity index (χ4v) is 7.37. The zero-order valence-corrected chi connectivity index (χ0v) is 24.0. The number of aromatic nitrogens is 2. The van der Waals surface area contributed by atoms with Crippen LogP contribution in [0.5, 0.6) is 5.75 Å². The largest absolute Gasteiger partial charge is 0.491 e. The van der Waals surface area contributed by atoms with Crippen LogP contribution in [0.4, 0.5) is 10.1 Å². The summed E-state index contributed by atoms with van der Waals surface area (Å²) >= 11 is 0. The normalized spacial score (nSPS) is 33.3. The summed E-state index contributed by atoms with van der Waals surface area (Å²) in [6, 6.07) is 7.58. The fraction of sp³-hybridized carbons (Fsp3) is 0.710. The minimum Gasteiger partial charge on any atom is -0.491 e. The molecule has 0 aliphatic heterocycles. The summed E-state index contributed by atoms with van der Waals surface area (Å²) in [6.07, 6.45) is 6.93. The summed E-state index contributed by atoms with van der Waals surface area (Å²) in [5.41, 5.74) is -2.09. The number of carbonyl (C=O) groups is 1. The first-order chi connectivity index (χ1) is 18.1. The molecule has 39 heavy (non-hydrogen) atoms. The molecule has 212 valence electrons. The fourth-order valence-electron chi connectivity index (χ4n) is 7.37. The number of anilines is 1. The topological polar surface area (TPSA) is 88.7 Å². The highest BCUT2D eigenvalue weighted by molar-refractivity contribution is 6.00. The minimum absolute atomic E-state index is 0.00882. The zero-order chi connectivity index (χ0) is 27.9. The van der Waals surface area contributed by atoms with Gasteiger partial charge in [-0.15, -0.1) is 0 Å². The predicted octanol–water partition coefficient (Wildman–Crippen LogP) is 6.03. The first-order valence-electron chi connectivity index (χ1n) is 14.5. The van der Waals surface area contributed by atoms with Crippen LogP contribution in [0.1, 0.15) is 104 Å². The van der Waals surface area contributed by atoms with Gasteiger partial charge in [0.2, 0.25) is 11.8 Å². The number of nitrogens with zero attached hydrogens (tertiary/aromatic N) is 3. The van der Waals surface area contributed by atoms with Crippen molar-refractivity contribution in [1.29, 1.82) is 0 Å². The second kappa shape index (κ2) is 8.51. The molecule has 2 aromatic rings. The van der Waals surface area contributed by atoms with Crippen molar-refractivity contribution in [2.24, 2.45) is 10.8 Å². The SMILES string of the molecule is CC(C)(O)COc1cccc(N(CC23CCC(c4noc(C(C)(C)C)n4)(CC2)CC3)C(=O)C23CC(F)(C2)C3)c1. The average molecular weight is 540 g/mol. The third-order valence-electron chi connectivity index (χ3n) is 9.82. The Labute approximate surface area is 230 Å². The molecule has 1 aromatic carbocycles. The number of rotatable bonds is 8. The van der Waals surface area contributed by atoms with Crippen molar-refractivity contribution < 1.29 is 23.6 Å². The zero-order valence-electron chi connectivity index (χ0n) is 24.0. The van der Waals surface area contributed by atoms with Crippen molar-refractivity contribution in [3.8, 4) is 5.75 Å². The standard InChI is InChI=1S/C31H42FN3O4/c1-26(2,3)24-33-23(34-39-24)29-12-9-28(10-13-29,11-14-29)19-35(25(36)30-16-31(32,17-30)18-30)21-7-6-8-22(15-21)38-20-27(4,5)37/h6-8,15,37H,9-14,16-20H2,1-5H3. The molecule has 6 saturated carbocycles. The van der Waals surface area contributed by atoms with Gasteiger partial charge in [-0.1, -0.05) is 32.0 Å². The van der Waals surface area contributed by atoms with Gasteiger partial charge in [0.15, 0.2) is 5.82 Å². The second-order valence-corrected chi connectivity index (χ2v) is 14.9. The summed E-state index contributed by atoms with van der Waals surface area (Å²) in [5.74, 6) is 2.18. The molecule has 1 amide bonds. The van der Waals surface area contributed by atoms with Crippen molar-refractivity contribution >= 4 is 11.6 Å². The maximum absolute atomic E-state index is 14.5. The van der Waals surface area contributed by atoms with E-state index in [-0.39, 0.29) is 28.8 Å². The number of carbonyl (C=O) groups excluding carboxylic acids is 1. The maximum Gasteiger partial charge on any atom is 0.233 e. The van der Waals surface area contributed by atoms with Gasteiger partial charge in [-0.3, -0.25) is 4.79 Å². The molecule has 8 rings (SSSR count). The van der Waals surface area contributed by atoms with Crippen molar-refractivity contribution in [3.63, 3.8) is 0 Å². The van der Waals surface area contributed by atoms with E-state index in [1.807, 2.05) is 29.2 Å². The third kappa shape index (κ3) is 4.66. The van der Waals surface area contributed by atoms with E-state index in [1.165, 1.54) is 0 Å². The van der Waals surface area contributed by atoms with Gasteiger partial charge in [0.1, 0.15) is 18.0 Å². The molecule has 6 aliphatic carbocycles. The number of benzene rings is 1. The first-order valence-corrected chi connectivity index (χ1v) is 14.5. The Morgan fingerprint density at radius 3 is 2.26 bits per heavy atom. The van der Waals surface area contributed by atoms with Crippen LogP contribution in [0, 0.1) is 10.8 Å². The van der Waals surface area contributed by atoms with E-state index >= 15 is 0 Å². The lowest BCUT2D eigenvalue weighted by molar-refractivity contribution is -0.211. The van der Waals surface area contributed by atoms with Crippen LogP contribution in [-0.4, -0.2) is 45.6 Å². The monoisotopic (exact) mass is 539 g/mol. The highest BCUT2D eigenvalue weighted by Crippen LogP contribution is 2.70. The molecule has 0 radical (unpaired) electrons. The number of halogens is 1. The molecule has 6 fully saturated rings. The van der Waals surface area contributed by atoms with Crippen molar-refractivity contribution in [1.82, 2.24) is 10.1 Å². The van der Waals surface area contributed by atoms with Gasteiger partial charge < -0.3 is 19.3 Å². The molecule has 0 spiro atoms. The molecule has 1 N–H and O–H groups in total. The molecule has 8 heteroatoms. The lowest BCUT2D eigenvalue weighted by atomic mass is 9.41. The Morgan fingerprint density at radius 1 is 1.08 bits per heavy atom. The van der Waals surface area contributed by atoms with Gasteiger partial charge >= 0.3 is 0 Å². The number of ether oxygens (including phenoxy) is 1. The number of hydrogen-bond acceptors (Lipinski definition) is 6. The van der Waals surface area contributed by atoms with E-state index in [2.05, 4.69) is 25.9 Å². The third-order valence-corrected chi connectivity index (χ3v) is 9.82. The number of amides is 1. The van der Waals surface area contributed by atoms with E-state index in [0.29, 0.717) is 37.4 Å². The van der Waals surface area contributed by atoms with Crippen molar-refractivity contribution in [2.75, 3.05) is 18.1 Å². The van der Waals surface area contributed by atoms with Gasteiger partial charge in [0.05, 0.1) is 11.0 Å².